The summed E-state index contributed by atoms with van der Waals surface area (Å²) in [5.41, 5.74) is 1.41. The first-order valence-corrected chi connectivity index (χ1v) is 9.78. The molecule has 0 bridgehead atoms. The number of oxazole rings is 1. The lowest BCUT2D eigenvalue weighted by Gasteiger charge is -2.22. The number of nitrogens with one attached hydrogen (secondary N) is 2. The van der Waals surface area contributed by atoms with E-state index >= 15 is 0 Å². The third-order valence-electron chi connectivity index (χ3n) is 5.21. The van der Waals surface area contributed by atoms with Gasteiger partial charge in [-0.2, -0.15) is 5.10 Å². The van der Waals surface area contributed by atoms with E-state index in [9.17, 15) is 14.4 Å². The lowest BCUT2D eigenvalue weighted by molar-refractivity contribution is -0.121. The van der Waals surface area contributed by atoms with E-state index in [2.05, 4.69) is 15.5 Å². The molecule has 1 amide bonds. The number of benzene rings is 2. The Bertz CT molecular complexity index is 1330. The van der Waals surface area contributed by atoms with Crippen LogP contribution in [0.15, 0.2) is 62.5 Å². The molecule has 30 heavy (non-hydrogen) atoms. The van der Waals surface area contributed by atoms with Crippen LogP contribution in [-0.4, -0.2) is 26.7 Å². The minimum atomic E-state index is -0.454. The summed E-state index contributed by atoms with van der Waals surface area (Å²) in [6, 6.07) is 14.0. The number of para-hydroxylation sites is 2. The van der Waals surface area contributed by atoms with Crippen LogP contribution in [-0.2, 0) is 17.8 Å². The number of aromatic nitrogens is 3. The Balaban J connectivity index is 1.56. The first-order valence-electron chi connectivity index (χ1n) is 9.78. The molecule has 0 saturated heterocycles. The molecule has 8 heteroatoms. The normalized spacial score (nSPS) is 12.5. The average molecular weight is 406 g/mol. The number of amides is 1. The maximum absolute atomic E-state index is 12.8. The van der Waals surface area contributed by atoms with Crippen molar-refractivity contribution in [1.29, 1.82) is 0 Å². The van der Waals surface area contributed by atoms with Crippen molar-refractivity contribution in [3.63, 3.8) is 0 Å². The summed E-state index contributed by atoms with van der Waals surface area (Å²) in [5, 5.41) is 10.6. The van der Waals surface area contributed by atoms with Crippen LogP contribution >= 0.6 is 0 Å². The molecule has 4 aromatic rings. The van der Waals surface area contributed by atoms with Crippen LogP contribution in [0.1, 0.15) is 19.5 Å². The predicted octanol–water partition coefficient (Wildman–Crippen LogP) is 2.21. The molecule has 0 spiro atoms. The molecule has 0 aliphatic carbocycles. The van der Waals surface area contributed by atoms with Crippen LogP contribution in [0, 0.1) is 5.92 Å². The zero-order valence-corrected chi connectivity index (χ0v) is 16.7. The number of carbonyl (C=O) groups is 1. The smallest absolute Gasteiger partial charge is 0.408 e. The van der Waals surface area contributed by atoms with Gasteiger partial charge in [0.05, 0.1) is 23.0 Å². The fourth-order valence-corrected chi connectivity index (χ4v) is 3.52. The summed E-state index contributed by atoms with van der Waals surface area (Å²) in [4.78, 5) is 37.0. The van der Waals surface area contributed by atoms with Crippen molar-refractivity contribution in [2.24, 2.45) is 5.92 Å². The van der Waals surface area contributed by atoms with Gasteiger partial charge in [0, 0.05) is 18.0 Å². The SMILES string of the molecule is CC(C)[C@@H](Cn1c(=O)oc2ccccc21)NC(=O)Cc1n[nH]c(=O)c2ccccc12. The van der Waals surface area contributed by atoms with E-state index in [0.29, 0.717) is 34.1 Å². The second-order valence-electron chi connectivity index (χ2n) is 7.59. The lowest BCUT2D eigenvalue weighted by Crippen LogP contribution is -2.43. The molecule has 2 N–H and O–H groups in total. The van der Waals surface area contributed by atoms with Gasteiger partial charge in [-0.1, -0.05) is 44.2 Å². The van der Waals surface area contributed by atoms with Crippen LogP contribution in [0.5, 0.6) is 0 Å². The summed E-state index contributed by atoms with van der Waals surface area (Å²) < 4.78 is 6.83. The van der Waals surface area contributed by atoms with Crippen molar-refractivity contribution < 1.29 is 9.21 Å². The second-order valence-corrected chi connectivity index (χ2v) is 7.59. The molecule has 0 aliphatic heterocycles. The Kier molecular flexibility index (Phi) is 5.22. The zero-order valence-electron chi connectivity index (χ0n) is 16.7. The number of carbonyl (C=O) groups excluding carboxylic acids is 1. The highest BCUT2D eigenvalue weighted by molar-refractivity contribution is 5.88. The maximum Gasteiger partial charge on any atom is 0.420 e. The first kappa shape index (κ1) is 19.6. The van der Waals surface area contributed by atoms with E-state index in [1.165, 1.54) is 4.57 Å². The summed E-state index contributed by atoms with van der Waals surface area (Å²) >= 11 is 0. The lowest BCUT2D eigenvalue weighted by atomic mass is 10.0. The molecule has 2 aromatic carbocycles. The standard InChI is InChI=1S/C22H22N4O4/c1-13(2)17(12-26-18-9-5-6-10-19(18)30-22(26)29)23-20(27)11-16-14-7-3-4-8-15(14)21(28)25-24-16/h3-10,13,17H,11-12H2,1-2H3,(H,23,27)(H,25,28)/t17-/m1/s1. The maximum atomic E-state index is 12.8. The molecule has 8 nitrogen and oxygen atoms in total. The predicted molar refractivity (Wildman–Crippen MR) is 113 cm³/mol. The second kappa shape index (κ2) is 7.98. The van der Waals surface area contributed by atoms with Crippen molar-refractivity contribution in [1.82, 2.24) is 20.1 Å². The van der Waals surface area contributed by atoms with Crippen LogP contribution in [0.3, 0.4) is 0 Å². The van der Waals surface area contributed by atoms with Gasteiger partial charge in [0.25, 0.3) is 5.56 Å². The van der Waals surface area contributed by atoms with Crippen molar-refractivity contribution in [2.45, 2.75) is 32.9 Å². The fraction of sp³-hybridized carbons (Fsp3) is 0.273. The number of hydrogen-bond acceptors (Lipinski definition) is 5. The molecule has 2 aromatic heterocycles. The minimum absolute atomic E-state index is 0.0154. The quantitative estimate of drug-likeness (QED) is 0.510. The van der Waals surface area contributed by atoms with Crippen molar-refractivity contribution in [3.8, 4) is 0 Å². The average Bonchev–Trinajstić information content (AvgIpc) is 3.05. The van der Waals surface area contributed by atoms with Gasteiger partial charge in [-0.3, -0.25) is 14.2 Å². The van der Waals surface area contributed by atoms with Gasteiger partial charge >= 0.3 is 5.76 Å². The van der Waals surface area contributed by atoms with E-state index in [1.807, 2.05) is 26.0 Å². The van der Waals surface area contributed by atoms with E-state index in [4.69, 9.17) is 4.42 Å². The largest absolute Gasteiger partial charge is 0.420 e. The van der Waals surface area contributed by atoms with Gasteiger partial charge in [0.2, 0.25) is 5.91 Å². The third-order valence-corrected chi connectivity index (χ3v) is 5.21. The van der Waals surface area contributed by atoms with Crippen LogP contribution in [0.25, 0.3) is 21.9 Å². The highest BCUT2D eigenvalue weighted by Gasteiger charge is 2.21. The molecule has 1 atom stereocenters. The molecule has 154 valence electrons. The van der Waals surface area contributed by atoms with E-state index in [-0.39, 0.29) is 29.8 Å². The Morgan fingerprint density at radius 1 is 1.10 bits per heavy atom. The topological polar surface area (TPSA) is 110 Å². The number of nitrogens with zero attached hydrogens (tertiary/aromatic N) is 2. The van der Waals surface area contributed by atoms with E-state index < -0.39 is 5.76 Å². The monoisotopic (exact) mass is 406 g/mol. The van der Waals surface area contributed by atoms with Crippen LogP contribution < -0.4 is 16.6 Å². The third kappa shape index (κ3) is 3.76. The van der Waals surface area contributed by atoms with Crippen molar-refractivity contribution >= 4 is 27.8 Å². The number of aromatic amines is 1. The molecule has 0 saturated carbocycles. The first-order chi connectivity index (χ1) is 14.4. The Hall–Kier alpha value is -3.68. The van der Waals surface area contributed by atoms with Crippen molar-refractivity contribution in [3.05, 3.63) is 75.1 Å². The molecule has 0 radical (unpaired) electrons. The summed E-state index contributed by atoms with van der Waals surface area (Å²) in [5.74, 6) is -0.613. The minimum Gasteiger partial charge on any atom is -0.408 e. The van der Waals surface area contributed by atoms with Gasteiger partial charge < -0.3 is 9.73 Å². The Labute approximate surface area is 171 Å². The van der Waals surface area contributed by atoms with Gasteiger partial charge in [-0.15, -0.1) is 0 Å². The molecule has 0 fully saturated rings. The van der Waals surface area contributed by atoms with Crippen LogP contribution in [0.2, 0.25) is 0 Å². The number of H-pyrrole nitrogens is 1. The van der Waals surface area contributed by atoms with Crippen LogP contribution in [0.4, 0.5) is 0 Å². The fourth-order valence-electron chi connectivity index (χ4n) is 3.52. The molecule has 0 unspecified atom stereocenters. The van der Waals surface area contributed by atoms with Gasteiger partial charge in [0.1, 0.15) is 0 Å². The summed E-state index contributed by atoms with van der Waals surface area (Å²) in [6.07, 6.45) is 0.0154. The summed E-state index contributed by atoms with van der Waals surface area (Å²) in [7, 11) is 0. The summed E-state index contributed by atoms with van der Waals surface area (Å²) in [6.45, 7) is 4.25. The van der Waals surface area contributed by atoms with E-state index in [1.54, 1.807) is 36.4 Å². The number of hydrogen-bond donors (Lipinski definition) is 2. The number of rotatable bonds is 6. The zero-order chi connectivity index (χ0) is 21.3. The molecule has 4 rings (SSSR count). The van der Waals surface area contributed by atoms with Gasteiger partial charge in [0.15, 0.2) is 5.58 Å². The van der Waals surface area contributed by atoms with Gasteiger partial charge in [-0.05, 0) is 24.1 Å². The highest BCUT2D eigenvalue weighted by atomic mass is 16.4. The van der Waals surface area contributed by atoms with Gasteiger partial charge in [-0.25, -0.2) is 9.89 Å². The Morgan fingerprint density at radius 3 is 2.57 bits per heavy atom. The number of fused-ring (bicyclic) bond motifs is 2. The van der Waals surface area contributed by atoms with E-state index in [0.717, 1.165) is 0 Å². The molecule has 0 aliphatic rings. The highest BCUT2D eigenvalue weighted by Crippen LogP contribution is 2.15. The molecular formula is C22H22N4O4. The molecular weight excluding hydrogens is 384 g/mol. The Morgan fingerprint density at radius 2 is 1.80 bits per heavy atom. The molecule has 2 heterocycles. The van der Waals surface area contributed by atoms with Crippen molar-refractivity contribution in [2.75, 3.05) is 0 Å².